The first-order valence-corrected chi connectivity index (χ1v) is 9.57. The molecule has 2 aliphatic heterocycles. The van der Waals surface area contributed by atoms with Crippen LogP contribution < -0.4 is 16.4 Å². The molecule has 0 saturated carbocycles. The first kappa shape index (κ1) is 18.8. The fourth-order valence-electron chi connectivity index (χ4n) is 2.80. The molecule has 0 spiro atoms. The van der Waals surface area contributed by atoms with Gasteiger partial charge in [0, 0.05) is 18.0 Å². The van der Waals surface area contributed by atoms with Crippen LogP contribution in [0.3, 0.4) is 0 Å². The highest BCUT2D eigenvalue weighted by Gasteiger charge is 2.18. The summed E-state index contributed by atoms with van der Waals surface area (Å²) >= 11 is 1.68. The van der Waals surface area contributed by atoms with Gasteiger partial charge in [0.05, 0.1) is 27.0 Å². The molecule has 0 radical (unpaired) electrons. The van der Waals surface area contributed by atoms with E-state index in [1.807, 2.05) is 46.0 Å². The third kappa shape index (κ3) is 4.25. The van der Waals surface area contributed by atoms with Gasteiger partial charge in [-0.2, -0.15) is 0 Å². The first-order chi connectivity index (χ1) is 12.9. The number of allylic oxidation sites excluding steroid dienone is 5. The van der Waals surface area contributed by atoms with Crippen molar-refractivity contribution in [3.05, 3.63) is 68.9 Å². The molecule has 140 valence electrons. The zero-order chi connectivity index (χ0) is 19.6. The summed E-state index contributed by atoms with van der Waals surface area (Å²) in [4.78, 5) is 10.1. The Balaban J connectivity index is 1.83. The molecule has 1 aromatic rings. The molecule has 0 aliphatic carbocycles. The molecule has 2 aliphatic rings. The van der Waals surface area contributed by atoms with E-state index in [0.29, 0.717) is 11.7 Å². The second-order valence-corrected chi connectivity index (χ2v) is 7.89. The van der Waals surface area contributed by atoms with Gasteiger partial charge in [-0.3, -0.25) is 0 Å². The molecule has 0 atom stereocenters. The van der Waals surface area contributed by atoms with E-state index < -0.39 is 0 Å². The fourth-order valence-corrected chi connectivity index (χ4v) is 3.71. The number of hydrogen-bond acceptors (Lipinski definition) is 6. The van der Waals surface area contributed by atoms with E-state index in [1.54, 1.807) is 17.4 Å². The molecule has 0 bridgehead atoms. The first-order valence-electron chi connectivity index (χ1n) is 8.75. The van der Waals surface area contributed by atoms with Gasteiger partial charge in [0.2, 0.25) is 0 Å². The van der Waals surface area contributed by atoms with Crippen molar-refractivity contribution < 1.29 is 0 Å². The zero-order valence-corrected chi connectivity index (χ0v) is 16.7. The summed E-state index contributed by atoms with van der Waals surface area (Å²) in [5.41, 5.74) is 10.9. The molecule has 3 rings (SSSR count). The molecule has 5 N–H and O–H groups in total. The summed E-state index contributed by atoms with van der Waals surface area (Å²) in [6, 6.07) is 0. The number of amidine groups is 1. The van der Waals surface area contributed by atoms with Gasteiger partial charge in [-0.05, 0) is 49.6 Å². The number of nitrogens with one attached hydrogen (secondary N) is 3. The van der Waals surface area contributed by atoms with Gasteiger partial charge >= 0.3 is 0 Å². The van der Waals surface area contributed by atoms with Gasteiger partial charge in [-0.25, -0.2) is 9.98 Å². The summed E-state index contributed by atoms with van der Waals surface area (Å²) in [7, 11) is 0. The predicted molar refractivity (Wildman–Crippen MR) is 113 cm³/mol. The molecular weight excluding hydrogens is 356 g/mol. The summed E-state index contributed by atoms with van der Waals surface area (Å²) in [6.45, 7) is 8.08. The minimum Gasteiger partial charge on any atom is -0.384 e. The van der Waals surface area contributed by atoms with Crippen LogP contribution >= 0.6 is 11.3 Å². The van der Waals surface area contributed by atoms with Crippen LogP contribution in [0.1, 0.15) is 29.4 Å². The fraction of sp³-hybridized carbons (Fsp3) is 0.250. The van der Waals surface area contributed by atoms with E-state index in [9.17, 15) is 0 Å². The Morgan fingerprint density at radius 3 is 2.70 bits per heavy atom. The Kier molecular flexibility index (Phi) is 5.41. The van der Waals surface area contributed by atoms with E-state index in [-0.39, 0.29) is 5.92 Å². The third-order valence-corrected chi connectivity index (χ3v) is 5.33. The quantitative estimate of drug-likeness (QED) is 0.464. The summed E-state index contributed by atoms with van der Waals surface area (Å²) in [5, 5.41) is 15.2. The number of nitrogens with zero attached hydrogens (tertiary/aromatic N) is 2. The number of fused-ring (bicyclic) bond motifs is 1. The molecule has 3 heterocycles. The summed E-state index contributed by atoms with van der Waals surface area (Å²) < 4.78 is 0. The van der Waals surface area contributed by atoms with Crippen molar-refractivity contribution in [3.8, 4) is 0 Å². The Hall–Kier alpha value is -2.93. The van der Waals surface area contributed by atoms with Crippen LogP contribution in [-0.4, -0.2) is 17.0 Å². The number of nitrogens with two attached hydrogens (primary N) is 1. The van der Waals surface area contributed by atoms with Gasteiger partial charge in [-0.1, -0.05) is 13.8 Å². The Morgan fingerprint density at radius 2 is 2.07 bits per heavy atom. The van der Waals surface area contributed by atoms with E-state index in [4.69, 9.17) is 11.1 Å². The highest BCUT2D eigenvalue weighted by molar-refractivity contribution is 7.12. The normalized spacial score (nSPS) is 17.2. The van der Waals surface area contributed by atoms with Crippen molar-refractivity contribution in [2.24, 2.45) is 16.6 Å². The zero-order valence-electron chi connectivity index (χ0n) is 15.9. The van der Waals surface area contributed by atoms with Gasteiger partial charge in [0.25, 0.3) is 0 Å². The Bertz CT molecular complexity index is 953. The van der Waals surface area contributed by atoms with E-state index in [2.05, 4.69) is 26.7 Å². The van der Waals surface area contributed by atoms with Crippen molar-refractivity contribution in [2.45, 2.75) is 27.7 Å². The molecule has 0 saturated heterocycles. The molecule has 0 amide bonds. The highest BCUT2D eigenvalue weighted by Crippen LogP contribution is 2.30. The SMILES string of the molecule is Cc1nc(C)c(C2=CNC3=CC=C(N=C(N)C=C(C=N)C(C)C)NC3=C2)s1. The van der Waals surface area contributed by atoms with Crippen LogP contribution in [0.2, 0.25) is 0 Å². The number of aromatic nitrogens is 1. The molecule has 7 heteroatoms. The van der Waals surface area contributed by atoms with Crippen LogP contribution in [0.5, 0.6) is 0 Å². The second kappa shape index (κ2) is 7.75. The Morgan fingerprint density at radius 1 is 1.30 bits per heavy atom. The van der Waals surface area contributed by atoms with E-state index >= 15 is 0 Å². The molecule has 6 nitrogen and oxygen atoms in total. The lowest BCUT2D eigenvalue weighted by Gasteiger charge is -2.23. The number of rotatable bonds is 5. The number of aliphatic imine (C=N–C) groups is 1. The summed E-state index contributed by atoms with van der Waals surface area (Å²) in [6.07, 6.45) is 11.0. The van der Waals surface area contributed by atoms with Gasteiger partial charge in [0.1, 0.15) is 11.7 Å². The third-order valence-electron chi connectivity index (χ3n) is 4.21. The molecule has 0 fully saturated rings. The molecule has 27 heavy (non-hydrogen) atoms. The van der Waals surface area contributed by atoms with Crippen LogP contribution in [0.15, 0.2) is 58.3 Å². The maximum Gasteiger partial charge on any atom is 0.132 e. The lowest BCUT2D eigenvalue weighted by Crippen LogP contribution is -2.26. The standard InChI is InChI=1S/C20H24N6S/c1-11(2)14(9-21)8-18(22)26-19-6-5-16-17(25-19)7-15(10-23-16)20-12(3)24-13(4)27-20/h5-11,21,23,25H,1-4H3,(H2,22,26). The number of thiazole rings is 1. The highest BCUT2D eigenvalue weighted by atomic mass is 32.1. The van der Waals surface area contributed by atoms with Crippen LogP contribution in [0.25, 0.3) is 5.57 Å². The predicted octanol–water partition coefficient (Wildman–Crippen LogP) is 3.51. The average Bonchev–Trinajstić information content (AvgIpc) is 2.97. The van der Waals surface area contributed by atoms with Crippen molar-refractivity contribution in [1.82, 2.24) is 15.6 Å². The lowest BCUT2D eigenvalue weighted by atomic mass is 10.0. The number of hydrogen-bond donors (Lipinski definition) is 4. The van der Waals surface area contributed by atoms with E-state index in [1.165, 1.54) is 6.21 Å². The van der Waals surface area contributed by atoms with Crippen LogP contribution in [0, 0.1) is 25.2 Å². The minimum atomic E-state index is 0.222. The Labute approximate surface area is 163 Å². The smallest absolute Gasteiger partial charge is 0.132 e. The van der Waals surface area contributed by atoms with Crippen LogP contribution in [0.4, 0.5) is 0 Å². The second-order valence-electron chi connectivity index (χ2n) is 6.69. The average molecular weight is 381 g/mol. The van der Waals surface area contributed by atoms with Gasteiger partial charge in [-0.15, -0.1) is 11.3 Å². The maximum atomic E-state index is 7.48. The minimum absolute atomic E-state index is 0.222. The van der Waals surface area contributed by atoms with Crippen molar-refractivity contribution in [3.63, 3.8) is 0 Å². The van der Waals surface area contributed by atoms with E-state index in [0.717, 1.165) is 38.1 Å². The van der Waals surface area contributed by atoms with Gasteiger partial charge < -0.3 is 21.8 Å². The maximum absolute atomic E-state index is 7.48. The van der Waals surface area contributed by atoms with Crippen molar-refractivity contribution >= 4 is 29.0 Å². The van der Waals surface area contributed by atoms with Crippen molar-refractivity contribution in [2.75, 3.05) is 0 Å². The van der Waals surface area contributed by atoms with Crippen LogP contribution in [-0.2, 0) is 0 Å². The number of dihydropyridines is 2. The largest absolute Gasteiger partial charge is 0.384 e. The molecule has 1 aromatic heterocycles. The monoisotopic (exact) mass is 380 g/mol. The van der Waals surface area contributed by atoms with Gasteiger partial charge in [0.15, 0.2) is 0 Å². The topological polar surface area (TPSA) is 99.2 Å². The summed E-state index contributed by atoms with van der Waals surface area (Å²) in [5.74, 6) is 1.25. The molecule has 0 aromatic carbocycles. The number of aryl methyl sites for hydroxylation is 2. The molecule has 0 unspecified atom stereocenters. The lowest BCUT2D eigenvalue weighted by molar-refractivity contribution is 0.806. The van der Waals surface area contributed by atoms with Crippen molar-refractivity contribution in [1.29, 1.82) is 5.41 Å². The molecular formula is C20H24N6S.